The minimum Gasteiger partial charge on any atom is -0.319 e. The predicted molar refractivity (Wildman–Crippen MR) is 96.7 cm³/mol. The quantitative estimate of drug-likeness (QED) is 0.458. The van der Waals surface area contributed by atoms with E-state index in [1.165, 1.54) is 23.8 Å². The highest BCUT2D eigenvalue weighted by atomic mass is 35.5. The fraction of sp³-hybridized carbons (Fsp3) is 0.333. The summed E-state index contributed by atoms with van der Waals surface area (Å²) in [5.74, 6) is 0.276. The molecule has 0 unspecified atom stereocenters. The molecule has 1 aromatic heterocycles. The molecular formula is C18H21ClN3O3+. The number of non-ortho nitro benzene ring substituents is 1. The molecule has 0 spiro atoms. The van der Waals surface area contributed by atoms with Crippen LogP contribution in [0.1, 0.15) is 38.2 Å². The lowest BCUT2D eigenvalue weighted by Crippen LogP contribution is -2.39. The molecule has 0 aliphatic carbocycles. The number of nitrogens with zero attached hydrogens (tertiary/aromatic N) is 2. The van der Waals surface area contributed by atoms with Gasteiger partial charge in [0.15, 0.2) is 12.4 Å². The highest BCUT2D eigenvalue weighted by Crippen LogP contribution is 2.26. The lowest BCUT2D eigenvalue weighted by molar-refractivity contribution is -0.684. The van der Waals surface area contributed by atoms with Crippen LogP contribution in [-0.4, -0.2) is 10.8 Å². The maximum Gasteiger partial charge on any atom is 0.290 e. The average molecular weight is 363 g/mol. The van der Waals surface area contributed by atoms with Crippen molar-refractivity contribution in [2.75, 3.05) is 5.32 Å². The second-order valence-corrected chi connectivity index (χ2v) is 6.19. The summed E-state index contributed by atoms with van der Waals surface area (Å²) in [6, 6.07) is 8.01. The molecule has 132 valence electrons. The summed E-state index contributed by atoms with van der Waals surface area (Å²) in [5.41, 5.74) is 1.50. The number of benzene rings is 1. The predicted octanol–water partition coefficient (Wildman–Crippen LogP) is 4.08. The molecule has 7 heteroatoms. The number of nitro groups is 1. The topological polar surface area (TPSA) is 76.1 Å². The number of hydrogen-bond donors (Lipinski definition) is 1. The highest BCUT2D eigenvalue weighted by Gasteiger charge is 2.15. The third kappa shape index (κ3) is 5.00. The minimum atomic E-state index is -0.533. The largest absolute Gasteiger partial charge is 0.319 e. The summed E-state index contributed by atoms with van der Waals surface area (Å²) in [4.78, 5) is 22.3. The summed E-state index contributed by atoms with van der Waals surface area (Å²) in [6.45, 7) is 4.46. The molecular weight excluding hydrogens is 342 g/mol. The Morgan fingerprint density at radius 1 is 1.24 bits per heavy atom. The van der Waals surface area contributed by atoms with Gasteiger partial charge in [0.25, 0.3) is 11.6 Å². The third-order valence-corrected chi connectivity index (χ3v) is 4.45. The number of aromatic nitrogens is 1. The third-order valence-electron chi connectivity index (χ3n) is 4.14. The Bertz CT molecular complexity index is 759. The van der Waals surface area contributed by atoms with Gasteiger partial charge in [0.2, 0.25) is 6.54 Å². The van der Waals surface area contributed by atoms with Gasteiger partial charge in [-0.15, -0.1) is 0 Å². The first kappa shape index (κ1) is 18.9. The van der Waals surface area contributed by atoms with Gasteiger partial charge in [-0.05, 0) is 30.4 Å². The molecule has 1 aromatic carbocycles. The van der Waals surface area contributed by atoms with E-state index in [0.717, 1.165) is 12.8 Å². The Hall–Kier alpha value is -2.47. The lowest BCUT2D eigenvalue weighted by atomic mass is 9.95. The van der Waals surface area contributed by atoms with Crippen LogP contribution in [0.15, 0.2) is 42.7 Å². The molecule has 1 amide bonds. The van der Waals surface area contributed by atoms with E-state index in [0.29, 0.717) is 11.6 Å². The van der Waals surface area contributed by atoms with Crippen LogP contribution >= 0.6 is 11.6 Å². The molecule has 25 heavy (non-hydrogen) atoms. The molecule has 0 radical (unpaired) electrons. The zero-order valence-electron chi connectivity index (χ0n) is 14.2. The number of nitro benzene ring substituents is 1. The number of carbonyl (C=O) groups is 1. The molecule has 0 saturated heterocycles. The maximum atomic E-state index is 12.2. The second-order valence-electron chi connectivity index (χ2n) is 5.79. The first-order chi connectivity index (χ1) is 11.9. The van der Waals surface area contributed by atoms with Crippen molar-refractivity contribution >= 4 is 28.9 Å². The molecule has 0 atom stereocenters. The van der Waals surface area contributed by atoms with Crippen LogP contribution < -0.4 is 9.88 Å². The number of hydrogen-bond acceptors (Lipinski definition) is 3. The van der Waals surface area contributed by atoms with Crippen LogP contribution in [0, 0.1) is 10.1 Å². The van der Waals surface area contributed by atoms with E-state index < -0.39 is 4.92 Å². The van der Waals surface area contributed by atoms with E-state index in [2.05, 4.69) is 19.2 Å². The van der Waals surface area contributed by atoms with Gasteiger partial charge in [0.05, 0.1) is 15.6 Å². The number of nitrogens with one attached hydrogen (secondary N) is 1. The van der Waals surface area contributed by atoms with E-state index in [1.807, 2.05) is 24.5 Å². The molecule has 6 nitrogen and oxygen atoms in total. The van der Waals surface area contributed by atoms with Crippen molar-refractivity contribution in [2.45, 2.75) is 39.2 Å². The lowest BCUT2D eigenvalue weighted by Gasteiger charge is -2.11. The SMILES string of the molecule is CCC(CC)c1cc[n+](CC(=O)Nc2ccc([N+](=O)[O-])cc2Cl)cc1. The van der Waals surface area contributed by atoms with Gasteiger partial charge in [0.1, 0.15) is 0 Å². The van der Waals surface area contributed by atoms with Crippen LogP contribution in [0.2, 0.25) is 5.02 Å². The first-order valence-electron chi connectivity index (χ1n) is 8.17. The number of rotatable bonds is 7. The summed E-state index contributed by atoms with van der Waals surface area (Å²) < 4.78 is 1.78. The van der Waals surface area contributed by atoms with Gasteiger partial charge in [-0.1, -0.05) is 25.4 Å². The summed E-state index contributed by atoms with van der Waals surface area (Å²) >= 11 is 5.98. The first-order valence-corrected chi connectivity index (χ1v) is 8.55. The molecule has 2 rings (SSSR count). The van der Waals surface area contributed by atoms with E-state index in [4.69, 9.17) is 11.6 Å². The van der Waals surface area contributed by atoms with E-state index >= 15 is 0 Å². The van der Waals surface area contributed by atoms with Crippen molar-refractivity contribution in [1.82, 2.24) is 0 Å². The fourth-order valence-electron chi connectivity index (χ4n) is 2.68. The zero-order chi connectivity index (χ0) is 18.4. The van der Waals surface area contributed by atoms with Gasteiger partial charge in [-0.3, -0.25) is 14.9 Å². The highest BCUT2D eigenvalue weighted by molar-refractivity contribution is 6.33. The molecule has 0 aliphatic rings. The molecule has 0 aliphatic heterocycles. The van der Waals surface area contributed by atoms with Crippen LogP contribution in [0.4, 0.5) is 11.4 Å². The monoisotopic (exact) mass is 362 g/mol. The Kier molecular flexibility index (Phi) is 6.47. The second kappa shape index (κ2) is 8.58. The zero-order valence-corrected chi connectivity index (χ0v) is 15.0. The van der Waals surface area contributed by atoms with E-state index in [9.17, 15) is 14.9 Å². The average Bonchev–Trinajstić information content (AvgIpc) is 2.59. The number of halogens is 1. The summed E-state index contributed by atoms with van der Waals surface area (Å²) in [5, 5.41) is 13.5. The van der Waals surface area contributed by atoms with Crippen LogP contribution in [0.25, 0.3) is 0 Å². The Balaban J connectivity index is 2.02. The molecule has 0 saturated carbocycles. The number of carbonyl (C=O) groups excluding carboxylic acids is 1. The van der Waals surface area contributed by atoms with Crippen molar-refractivity contribution < 1.29 is 14.3 Å². The van der Waals surface area contributed by atoms with E-state index in [-0.39, 0.29) is 23.2 Å². The van der Waals surface area contributed by atoms with Crippen LogP contribution in [-0.2, 0) is 11.3 Å². The number of amides is 1. The van der Waals surface area contributed by atoms with Gasteiger partial charge in [-0.25, -0.2) is 0 Å². The van der Waals surface area contributed by atoms with Crippen LogP contribution in [0.5, 0.6) is 0 Å². The van der Waals surface area contributed by atoms with Crippen molar-refractivity contribution in [3.05, 3.63) is 63.4 Å². The summed E-state index contributed by atoms with van der Waals surface area (Å²) in [7, 11) is 0. The van der Waals surface area contributed by atoms with Crippen LogP contribution in [0.3, 0.4) is 0 Å². The Morgan fingerprint density at radius 2 is 1.88 bits per heavy atom. The Morgan fingerprint density at radius 3 is 2.40 bits per heavy atom. The van der Waals surface area contributed by atoms with E-state index in [1.54, 1.807) is 4.57 Å². The Labute approximate surface area is 151 Å². The molecule has 0 bridgehead atoms. The standard InChI is InChI=1S/C18H20ClN3O3/c1-3-13(4-2)14-7-9-21(10-8-14)12-18(23)20-17-6-5-15(22(24)25)11-16(17)19/h5-11,13H,3-4,12H2,1-2H3/p+1. The van der Waals surface area contributed by atoms with Gasteiger partial charge in [0, 0.05) is 24.3 Å². The molecule has 1 heterocycles. The normalized spacial score (nSPS) is 10.7. The number of pyridine rings is 1. The smallest absolute Gasteiger partial charge is 0.290 e. The minimum absolute atomic E-state index is 0.116. The summed E-state index contributed by atoms with van der Waals surface area (Å²) in [6.07, 6.45) is 5.93. The van der Waals surface area contributed by atoms with Crippen molar-refractivity contribution in [3.8, 4) is 0 Å². The van der Waals surface area contributed by atoms with Crippen molar-refractivity contribution in [1.29, 1.82) is 0 Å². The molecule has 2 aromatic rings. The number of anilines is 1. The van der Waals surface area contributed by atoms with Crippen molar-refractivity contribution in [3.63, 3.8) is 0 Å². The molecule has 1 N–H and O–H groups in total. The van der Waals surface area contributed by atoms with Gasteiger partial charge < -0.3 is 5.32 Å². The van der Waals surface area contributed by atoms with Gasteiger partial charge in [-0.2, -0.15) is 4.57 Å². The fourth-order valence-corrected chi connectivity index (χ4v) is 2.90. The molecule has 0 fully saturated rings. The van der Waals surface area contributed by atoms with Gasteiger partial charge >= 0.3 is 0 Å². The van der Waals surface area contributed by atoms with Crippen molar-refractivity contribution in [2.24, 2.45) is 0 Å². The maximum absolute atomic E-state index is 12.2.